The summed E-state index contributed by atoms with van der Waals surface area (Å²) in [6.07, 6.45) is 0. The first kappa shape index (κ1) is 21.7. The number of hydrogen-bond acceptors (Lipinski definition) is 3. The normalized spacial score (nSPS) is 12.2. The second kappa shape index (κ2) is 8.78. The molecule has 1 atom stereocenters. The van der Waals surface area contributed by atoms with Gasteiger partial charge in [-0.25, -0.2) is 0 Å². The molecule has 1 amide bonds. The molecule has 1 N–H and O–H groups in total. The SMILES string of the molecule is Cc1nn(CC(C)C(=O)Nc2cc(C)n(Cc3ccc(Cl)c(Cl)c3)n2)c(C)c1Cl. The molecular weight excluding hydrogens is 433 g/mol. The molecular formula is C20H22Cl3N5O. The predicted molar refractivity (Wildman–Crippen MR) is 117 cm³/mol. The van der Waals surface area contributed by atoms with E-state index in [-0.39, 0.29) is 11.8 Å². The van der Waals surface area contributed by atoms with Crippen LogP contribution in [-0.4, -0.2) is 25.5 Å². The highest BCUT2D eigenvalue weighted by molar-refractivity contribution is 6.42. The third kappa shape index (κ3) is 4.94. The van der Waals surface area contributed by atoms with Crippen molar-refractivity contribution in [1.82, 2.24) is 19.6 Å². The zero-order valence-corrected chi connectivity index (χ0v) is 18.9. The number of amides is 1. The van der Waals surface area contributed by atoms with E-state index in [0.29, 0.717) is 34.0 Å². The summed E-state index contributed by atoms with van der Waals surface area (Å²) in [5, 5.41) is 13.4. The molecule has 0 fully saturated rings. The van der Waals surface area contributed by atoms with Gasteiger partial charge in [-0.1, -0.05) is 47.8 Å². The van der Waals surface area contributed by atoms with Gasteiger partial charge >= 0.3 is 0 Å². The first-order valence-corrected chi connectivity index (χ1v) is 10.3. The van der Waals surface area contributed by atoms with Crippen LogP contribution in [0.4, 0.5) is 5.82 Å². The van der Waals surface area contributed by atoms with Crippen molar-refractivity contribution in [3.05, 3.63) is 62.0 Å². The van der Waals surface area contributed by atoms with Gasteiger partial charge in [-0.05, 0) is 38.5 Å². The molecule has 0 bridgehead atoms. The molecule has 9 heteroatoms. The number of nitrogens with zero attached hydrogens (tertiary/aromatic N) is 4. The van der Waals surface area contributed by atoms with Crippen LogP contribution >= 0.6 is 34.8 Å². The lowest BCUT2D eigenvalue weighted by Gasteiger charge is -2.12. The number of carbonyl (C=O) groups is 1. The van der Waals surface area contributed by atoms with Crippen molar-refractivity contribution in [2.75, 3.05) is 5.32 Å². The summed E-state index contributed by atoms with van der Waals surface area (Å²) in [4.78, 5) is 12.6. The first-order valence-electron chi connectivity index (χ1n) is 9.14. The van der Waals surface area contributed by atoms with Crippen LogP contribution in [0.5, 0.6) is 0 Å². The van der Waals surface area contributed by atoms with E-state index in [9.17, 15) is 4.79 Å². The van der Waals surface area contributed by atoms with Crippen molar-refractivity contribution in [1.29, 1.82) is 0 Å². The maximum atomic E-state index is 12.6. The smallest absolute Gasteiger partial charge is 0.230 e. The molecule has 0 saturated heterocycles. The van der Waals surface area contributed by atoms with Gasteiger partial charge in [-0.2, -0.15) is 10.2 Å². The molecule has 0 radical (unpaired) electrons. The van der Waals surface area contributed by atoms with Crippen molar-refractivity contribution in [3.8, 4) is 0 Å². The second-order valence-corrected chi connectivity index (χ2v) is 8.33. The van der Waals surface area contributed by atoms with Gasteiger partial charge in [0.25, 0.3) is 0 Å². The number of aryl methyl sites for hydroxylation is 2. The Morgan fingerprint density at radius 2 is 1.79 bits per heavy atom. The van der Waals surface area contributed by atoms with E-state index >= 15 is 0 Å². The molecule has 3 aromatic rings. The van der Waals surface area contributed by atoms with Crippen molar-refractivity contribution in [2.45, 2.75) is 40.8 Å². The van der Waals surface area contributed by atoms with Crippen LogP contribution in [0.15, 0.2) is 24.3 Å². The fourth-order valence-corrected chi connectivity index (χ4v) is 3.44. The van der Waals surface area contributed by atoms with Gasteiger partial charge in [0, 0.05) is 11.8 Å². The van der Waals surface area contributed by atoms with Gasteiger partial charge in [0.2, 0.25) is 5.91 Å². The summed E-state index contributed by atoms with van der Waals surface area (Å²) in [7, 11) is 0. The number of rotatable bonds is 6. The first-order chi connectivity index (χ1) is 13.7. The minimum Gasteiger partial charge on any atom is -0.309 e. The van der Waals surface area contributed by atoms with E-state index < -0.39 is 0 Å². The van der Waals surface area contributed by atoms with Crippen LogP contribution in [0.2, 0.25) is 15.1 Å². The van der Waals surface area contributed by atoms with Gasteiger partial charge in [0.1, 0.15) is 0 Å². The number of benzene rings is 1. The molecule has 2 aromatic heterocycles. The third-order valence-electron chi connectivity index (χ3n) is 4.74. The molecule has 29 heavy (non-hydrogen) atoms. The highest BCUT2D eigenvalue weighted by atomic mass is 35.5. The summed E-state index contributed by atoms with van der Waals surface area (Å²) < 4.78 is 3.57. The van der Waals surface area contributed by atoms with Crippen LogP contribution in [-0.2, 0) is 17.9 Å². The van der Waals surface area contributed by atoms with Gasteiger partial charge in [0.15, 0.2) is 5.82 Å². The molecule has 1 unspecified atom stereocenters. The maximum absolute atomic E-state index is 12.6. The number of carbonyl (C=O) groups excluding carboxylic acids is 1. The Labute approximate surface area is 184 Å². The number of anilines is 1. The standard InChI is InChI=1S/C20H22Cl3N5O/c1-11(9-28-14(4)19(23)13(3)25-28)20(29)24-18-7-12(2)27(26-18)10-15-5-6-16(21)17(22)8-15/h5-8,11H,9-10H2,1-4H3,(H,24,26,29). The van der Waals surface area contributed by atoms with E-state index in [1.807, 2.05) is 45.9 Å². The zero-order chi connectivity index (χ0) is 21.3. The molecule has 0 saturated carbocycles. The monoisotopic (exact) mass is 453 g/mol. The Morgan fingerprint density at radius 3 is 2.41 bits per heavy atom. The van der Waals surface area contributed by atoms with Crippen LogP contribution < -0.4 is 5.32 Å². The van der Waals surface area contributed by atoms with Crippen LogP contribution in [0.3, 0.4) is 0 Å². The molecule has 0 aliphatic rings. The van der Waals surface area contributed by atoms with E-state index in [1.54, 1.807) is 15.4 Å². The lowest BCUT2D eigenvalue weighted by Crippen LogP contribution is -2.25. The second-order valence-electron chi connectivity index (χ2n) is 7.13. The molecule has 3 rings (SSSR count). The Hall–Kier alpha value is -2.02. The van der Waals surface area contributed by atoms with Crippen molar-refractivity contribution >= 4 is 46.5 Å². The summed E-state index contributed by atoms with van der Waals surface area (Å²) in [6, 6.07) is 7.30. The number of halogens is 3. The molecule has 6 nitrogen and oxygen atoms in total. The van der Waals surface area contributed by atoms with Gasteiger partial charge in [-0.15, -0.1) is 0 Å². The Morgan fingerprint density at radius 1 is 1.07 bits per heavy atom. The van der Waals surface area contributed by atoms with Gasteiger partial charge in [0.05, 0.1) is 45.5 Å². The molecule has 0 aliphatic heterocycles. The zero-order valence-electron chi connectivity index (χ0n) is 16.6. The summed E-state index contributed by atoms with van der Waals surface area (Å²) in [6.45, 7) is 8.48. The van der Waals surface area contributed by atoms with E-state index in [2.05, 4.69) is 15.5 Å². The average Bonchev–Trinajstić information content (AvgIpc) is 3.12. The fraction of sp³-hybridized carbons (Fsp3) is 0.350. The average molecular weight is 455 g/mol. The Balaban J connectivity index is 1.66. The largest absolute Gasteiger partial charge is 0.309 e. The summed E-state index contributed by atoms with van der Waals surface area (Å²) >= 11 is 18.2. The number of nitrogens with one attached hydrogen (secondary N) is 1. The van der Waals surface area contributed by atoms with Crippen molar-refractivity contribution in [3.63, 3.8) is 0 Å². The minimum absolute atomic E-state index is 0.132. The van der Waals surface area contributed by atoms with Gasteiger partial charge < -0.3 is 5.32 Å². The summed E-state index contributed by atoms with van der Waals surface area (Å²) in [5.74, 6) is 0.0725. The van der Waals surface area contributed by atoms with E-state index in [0.717, 1.165) is 22.6 Å². The molecule has 0 spiro atoms. The third-order valence-corrected chi connectivity index (χ3v) is 6.02. The number of aromatic nitrogens is 4. The lowest BCUT2D eigenvalue weighted by atomic mass is 10.1. The molecule has 2 heterocycles. The van der Waals surface area contributed by atoms with Crippen LogP contribution in [0, 0.1) is 26.7 Å². The topological polar surface area (TPSA) is 64.7 Å². The van der Waals surface area contributed by atoms with E-state index in [4.69, 9.17) is 34.8 Å². The highest BCUT2D eigenvalue weighted by Gasteiger charge is 2.19. The maximum Gasteiger partial charge on any atom is 0.230 e. The summed E-state index contributed by atoms with van der Waals surface area (Å²) in [5.41, 5.74) is 3.50. The highest BCUT2D eigenvalue weighted by Crippen LogP contribution is 2.24. The molecule has 1 aromatic carbocycles. The molecule has 154 valence electrons. The Kier molecular flexibility index (Phi) is 6.56. The fourth-order valence-electron chi connectivity index (χ4n) is 2.99. The minimum atomic E-state index is -0.301. The van der Waals surface area contributed by atoms with Crippen LogP contribution in [0.25, 0.3) is 0 Å². The predicted octanol–water partition coefficient (Wildman–Crippen LogP) is 5.29. The quantitative estimate of drug-likeness (QED) is 0.550. The van der Waals surface area contributed by atoms with Crippen molar-refractivity contribution < 1.29 is 4.79 Å². The van der Waals surface area contributed by atoms with Crippen LogP contribution in [0.1, 0.15) is 29.6 Å². The van der Waals surface area contributed by atoms with Crippen molar-refractivity contribution in [2.24, 2.45) is 5.92 Å². The van der Waals surface area contributed by atoms with Gasteiger partial charge in [-0.3, -0.25) is 14.2 Å². The lowest BCUT2D eigenvalue weighted by molar-refractivity contribution is -0.119. The molecule has 0 aliphatic carbocycles. The Bertz CT molecular complexity index is 1060. The number of hydrogen-bond donors (Lipinski definition) is 1. The van der Waals surface area contributed by atoms with E-state index in [1.165, 1.54) is 0 Å².